The van der Waals surface area contributed by atoms with Gasteiger partial charge in [-0.2, -0.15) is 0 Å². The Morgan fingerprint density at radius 3 is 2.09 bits per heavy atom. The van der Waals surface area contributed by atoms with Crippen molar-refractivity contribution in [2.75, 3.05) is 26.2 Å². The first-order valence-electron chi connectivity index (χ1n) is 7.69. The largest absolute Gasteiger partial charge is 0.364 e. The molecule has 0 atom stereocenters. The lowest BCUT2D eigenvalue weighted by Gasteiger charge is -2.24. The van der Waals surface area contributed by atoms with E-state index in [1.807, 2.05) is 4.90 Å². The highest BCUT2D eigenvalue weighted by Gasteiger charge is 2.29. The van der Waals surface area contributed by atoms with Gasteiger partial charge in [0.25, 0.3) is 0 Å². The average Bonchev–Trinajstić information content (AvgIpc) is 3.00. The molecule has 1 heterocycles. The van der Waals surface area contributed by atoms with Crippen molar-refractivity contribution in [3.63, 3.8) is 0 Å². The predicted molar refractivity (Wildman–Crippen MR) is 90.1 cm³/mol. The normalized spacial score (nSPS) is 15.0. The van der Waals surface area contributed by atoms with Crippen LogP contribution < -0.4 is 10.6 Å². The van der Waals surface area contributed by atoms with E-state index in [9.17, 15) is 10.1 Å². The van der Waals surface area contributed by atoms with Gasteiger partial charge in [0.1, 0.15) is 5.16 Å². The number of allylic oxidation sites excluding steroid dienone is 1. The quantitative estimate of drug-likeness (QED) is 0.379. The molecule has 8 heteroatoms. The van der Waals surface area contributed by atoms with Crippen LogP contribution >= 0.6 is 23.2 Å². The number of nitrogens with one attached hydrogen (secondary N) is 2. The Balaban J connectivity index is 3.07. The molecule has 1 aliphatic heterocycles. The van der Waals surface area contributed by atoms with Gasteiger partial charge in [0, 0.05) is 26.2 Å². The molecule has 22 heavy (non-hydrogen) atoms. The van der Waals surface area contributed by atoms with Crippen LogP contribution in [0.15, 0.2) is 21.7 Å². The van der Waals surface area contributed by atoms with Crippen LogP contribution in [-0.4, -0.2) is 36.0 Å². The minimum absolute atomic E-state index is 0.0178. The van der Waals surface area contributed by atoms with E-state index < -0.39 is 4.92 Å². The van der Waals surface area contributed by atoms with E-state index >= 15 is 0 Å². The number of halogens is 2. The molecule has 1 rings (SSSR count). The van der Waals surface area contributed by atoms with E-state index in [2.05, 4.69) is 24.5 Å². The summed E-state index contributed by atoms with van der Waals surface area (Å²) in [4.78, 5) is 12.8. The second kappa shape index (κ2) is 9.79. The highest BCUT2D eigenvalue weighted by atomic mass is 35.5. The Morgan fingerprint density at radius 2 is 1.68 bits per heavy atom. The Bertz CT molecular complexity index is 436. The second-order valence-corrected chi connectivity index (χ2v) is 5.87. The van der Waals surface area contributed by atoms with Gasteiger partial charge in [-0.15, -0.1) is 0 Å². The summed E-state index contributed by atoms with van der Waals surface area (Å²) in [6, 6.07) is 0. The van der Waals surface area contributed by atoms with Crippen molar-refractivity contribution in [2.24, 2.45) is 0 Å². The van der Waals surface area contributed by atoms with Crippen molar-refractivity contribution in [2.45, 2.75) is 39.5 Å². The minimum atomic E-state index is -0.497. The van der Waals surface area contributed by atoms with Crippen molar-refractivity contribution < 1.29 is 4.92 Å². The molecule has 0 aromatic rings. The first-order valence-corrected chi connectivity index (χ1v) is 8.45. The summed E-state index contributed by atoms with van der Waals surface area (Å²) in [6.45, 7) is 6.93. The number of hydrogen-bond acceptors (Lipinski definition) is 5. The predicted octanol–water partition coefficient (Wildman–Crippen LogP) is 3.17. The van der Waals surface area contributed by atoms with Crippen LogP contribution in [0.5, 0.6) is 0 Å². The Kier molecular flexibility index (Phi) is 8.42. The van der Waals surface area contributed by atoms with Gasteiger partial charge in [0.2, 0.25) is 0 Å². The summed E-state index contributed by atoms with van der Waals surface area (Å²) in [5.74, 6) is 0.332. The molecular weight excluding hydrogens is 327 g/mol. The summed E-state index contributed by atoms with van der Waals surface area (Å²) in [6.07, 6.45) is 3.98. The second-order valence-electron chi connectivity index (χ2n) is 5.13. The molecular formula is C14H24Cl2N4O2. The van der Waals surface area contributed by atoms with Crippen LogP contribution in [0, 0.1) is 10.1 Å². The van der Waals surface area contributed by atoms with Gasteiger partial charge >= 0.3 is 5.70 Å². The van der Waals surface area contributed by atoms with E-state index in [-0.39, 0.29) is 15.9 Å². The van der Waals surface area contributed by atoms with Crippen LogP contribution in [-0.2, 0) is 0 Å². The standard InChI is InChI=1S/C14H24Cl2N4O2/c1-3-5-9-19(10-6-4-2)13(16)11(15)12(20(21)22)14-17-7-8-18-14/h17-18H,3-10H2,1-2H3/b13-11+. The number of unbranched alkanes of at least 4 members (excludes halogenated alkanes) is 2. The maximum absolute atomic E-state index is 11.4. The lowest BCUT2D eigenvalue weighted by Crippen LogP contribution is -2.26. The fraction of sp³-hybridized carbons (Fsp3) is 0.714. The summed E-state index contributed by atoms with van der Waals surface area (Å²) in [7, 11) is 0. The number of rotatable bonds is 9. The molecule has 1 saturated heterocycles. The summed E-state index contributed by atoms with van der Waals surface area (Å²) in [5.41, 5.74) is -0.192. The molecule has 0 aromatic carbocycles. The molecule has 6 nitrogen and oxygen atoms in total. The maximum atomic E-state index is 11.4. The molecule has 0 radical (unpaired) electrons. The van der Waals surface area contributed by atoms with Crippen molar-refractivity contribution in [3.8, 4) is 0 Å². The molecule has 1 fully saturated rings. The van der Waals surface area contributed by atoms with Gasteiger partial charge in [0.05, 0.1) is 4.92 Å². The molecule has 126 valence electrons. The van der Waals surface area contributed by atoms with Gasteiger partial charge in [-0.1, -0.05) is 49.9 Å². The number of nitrogens with zero attached hydrogens (tertiary/aromatic N) is 2. The average molecular weight is 351 g/mol. The molecule has 0 bridgehead atoms. The van der Waals surface area contributed by atoms with E-state index in [0.717, 1.165) is 38.8 Å². The topological polar surface area (TPSA) is 70.4 Å². The molecule has 0 unspecified atom stereocenters. The van der Waals surface area contributed by atoms with E-state index in [1.54, 1.807) is 0 Å². The Labute approximate surface area is 141 Å². The fourth-order valence-corrected chi connectivity index (χ4v) is 2.67. The monoisotopic (exact) mass is 350 g/mol. The van der Waals surface area contributed by atoms with Crippen LogP contribution in [0.2, 0.25) is 0 Å². The Hall–Kier alpha value is -1.14. The van der Waals surface area contributed by atoms with Crippen LogP contribution in [0.3, 0.4) is 0 Å². The van der Waals surface area contributed by atoms with Crippen molar-refractivity contribution in [1.29, 1.82) is 0 Å². The smallest absolute Gasteiger partial charge is 0.330 e. The van der Waals surface area contributed by atoms with E-state index in [0.29, 0.717) is 18.9 Å². The third-order valence-corrected chi connectivity index (χ3v) is 4.26. The first-order chi connectivity index (χ1) is 10.5. The molecule has 0 saturated carbocycles. The zero-order chi connectivity index (χ0) is 16.5. The molecule has 0 aromatic heterocycles. The van der Waals surface area contributed by atoms with Crippen molar-refractivity contribution in [1.82, 2.24) is 15.5 Å². The number of hydrogen-bond donors (Lipinski definition) is 2. The Morgan fingerprint density at radius 1 is 1.18 bits per heavy atom. The van der Waals surface area contributed by atoms with E-state index in [1.165, 1.54) is 0 Å². The SMILES string of the molecule is CCCCN(CCCC)/C(Cl)=C(/Cl)C(=C1NCCN1)[N+](=O)[O-]. The third kappa shape index (κ3) is 5.25. The summed E-state index contributed by atoms with van der Waals surface area (Å²) >= 11 is 12.6. The lowest BCUT2D eigenvalue weighted by molar-refractivity contribution is -0.421. The lowest BCUT2D eigenvalue weighted by atomic mass is 10.2. The summed E-state index contributed by atoms with van der Waals surface area (Å²) in [5, 5.41) is 17.4. The van der Waals surface area contributed by atoms with Gasteiger partial charge in [-0.25, -0.2) is 0 Å². The van der Waals surface area contributed by atoms with Crippen molar-refractivity contribution in [3.05, 3.63) is 31.8 Å². The molecule has 0 amide bonds. The van der Waals surface area contributed by atoms with E-state index in [4.69, 9.17) is 23.2 Å². The zero-order valence-corrected chi connectivity index (χ0v) is 14.6. The van der Waals surface area contributed by atoms with Crippen LogP contribution in [0.1, 0.15) is 39.5 Å². The highest BCUT2D eigenvalue weighted by molar-refractivity contribution is 6.40. The number of nitro groups is 1. The molecule has 0 spiro atoms. The maximum Gasteiger partial charge on any atom is 0.330 e. The van der Waals surface area contributed by atoms with Crippen LogP contribution in [0.4, 0.5) is 0 Å². The highest BCUT2D eigenvalue weighted by Crippen LogP contribution is 2.27. The zero-order valence-electron chi connectivity index (χ0n) is 13.1. The third-order valence-electron chi connectivity index (χ3n) is 3.38. The summed E-state index contributed by atoms with van der Waals surface area (Å²) < 4.78 is 0. The van der Waals surface area contributed by atoms with Gasteiger partial charge in [-0.05, 0) is 12.8 Å². The van der Waals surface area contributed by atoms with Crippen LogP contribution in [0.25, 0.3) is 0 Å². The van der Waals surface area contributed by atoms with Crippen molar-refractivity contribution >= 4 is 23.2 Å². The fourth-order valence-electron chi connectivity index (χ4n) is 2.13. The molecule has 2 N–H and O–H groups in total. The molecule has 1 aliphatic rings. The van der Waals surface area contributed by atoms with Gasteiger partial charge in [0.15, 0.2) is 10.9 Å². The minimum Gasteiger partial charge on any atom is -0.364 e. The van der Waals surface area contributed by atoms with Gasteiger partial charge in [-0.3, -0.25) is 10.1 Å². The molecule has 0 aliphatic carbocycles. The van der Waals surface area contributed by atoms with Gasteiger partial charge < -0.3 is 15.5 Å². The first kappa shape index (κ1) is 18.9.